The van der Waals surface area contributed by atoms with Gasteiger partial charge in [0, 0.05) is 46.3 Å². The maximum Gasteiger partial charge on any atom is 0.286 e. The molecule has 184 valence electrons. The fraction of sp³-hybridized carbons (Fsp3) is 0.167. The number of hydrogen-bond donors (Lipinski definition) is 0. The predicted octanol–water partition coefficient (Wildman–Crippen LogP) is 6.56. The van der Waals surface area contributed by atoms with Crippen molar-refractivity contribution < 1.29 is 9.59 Å². The van der Waals surface area contributed by atoms with E-state index in [0.717, 1.165) is 0 Å². The summed E-state index contributed by atoms with van der Waals surface area (Å²) in [6, 6.07) is 10.3. The molecule has 12 heteroatoms. The Morgan fingerprint density at radius 2 is 1.06 bits per heavy atom. The van der Waals surface area contributed by atoms with Crippen LogP contribution in [0.3, 0.4) is 0 Å². The van der Waals surface area contributed by atoms with E-state index in [2.05, 4.69) is 19.8 Å². The number of piperazine rings is 1. The largest absolute Gasteiger partial charge is 0.347 e. The maximum absolute atomic E-state index is 12.5. The third-order valence-electron chi connectivity index (χ3n) is 5.54. The molecule has 2 aromatic rings. The molecule has 0 unspecified atom stereocenters. The lowest BCUT2D eigenvalue weighted by Crippen LogP contribution is -2.49. The molecular weight excluding hydrogens is 582 g/mol. The zero-order valence-electron chi connectivity index (χ0n) is 18.4. The van der Waals surface area contributed by atoms with Crippen LogP contribution in [-0.2, 0) is 9.59 Å². The smallest absolute Gasteiger partial charge is 0.286 e. The van der Waals surface area contributed by atoms with Crippen LogP contribution in [0.15, 0.2) is 56.2 Å². The Morgan fingerprint density at radius 3 is 1.42 bits per heavy atom. The minimum absolute atomic E-state index is 0.291. The molecule has 0 radical (unpaired) electrons. The molecule has 0 aromatic heterocycles. The fourth-order valence-electron chi connectivity index (χ4n) is 3.68. The average molecular weight is 598 g/mol. The summed E-state index contributed by atoms with van der Waals surface area (Å²) in [6.07, 6.45) is 3.46. The first-order valence-corrected chi connectivity index (χ1v) is 13.9. The third kappa shape index (κ3) is 5.64. The van der Waals surface area contributed by atoms with Crippen LogP contribution < -0.4 is 0 Å². The lowest BCUT2D eigenvalue weighted by Gasteiger charge is -2.35. The molecule has 36 heavy (non-hydrogen) atoms. The van der Waals surface area contributed by atoms with Crippen LogP contribution in [0.25, 0.3) is 12.2 Å². The molecule has 1 fully saturated rings. The summed E-state index contributed by atoms with van der Waals surface area (Å²) >= 11 is 27.1. The second-order valence-corrected chi connectivity index (χ2v) is 11.6. The number of carbonyl (C=O) groups is 2. The lowest BCUT2D eigenvalue weighted by molar-refractivity contribution is -0.114. The molecule has 0 aliphatic carbocycles. The van der Waals surface area contributed by atoms with Crippen LogP contribution in [0.2, 0.25) is 20.1 Å². The quantitative estimate of drug-likeness (QED) is 0.365. The van der Waals surface area contributed by atoms with Gasteiger partial charge in [-0.25, -0.2) is 0 Å². The Kier molecular flexibility index (Phi) is 7.72. The summed E-state index contributed by atoms with van der Waals surface area (Å²) in [4.78, 5) is 38.6. The van der Waals surface area contributed by atoms with Crippen LogP contribution in [0.4, 0.5) is 0 Å². The van der Waals surface area contributed by atoms with Crippen LogP contribution in [-0.4, -0.2) is 58.1 Å². The normalized spacial score (nSPS) is 20.6. The molecule has 1 saturated heterocycles. The highest BCUT2D eigenvalue weighted by molar-refractivity contribution is 8.18. The van der Waals surface area contributed by atoms with E-state index in [4.69, 9.17) is 46.4 Å². The summed E-state index contributed by atoms with van der Waals surface area (Å²) in [5.41, 5.74) is 1.42. The number of halogens is 4. The molecule has 0 saturated carbocycles. The summed E-state index contributed by atoms with van der Waals surface area (Å²) < 4.78 is 0. The van der Waals surface area contributed by atoms with Gasteiger partial charge in [0.25, 0.3) is 11.8 Å². The third-order valence-corrected chi connectivity index (χ3v) is 8.75. The van der Waals surface area contributed by atoms with E-state index in [1.54, 1.807) is 48.6 Å². The van der Waals surface area contributed by atoms with Gasteiger partial charge in [-0.05, 0) is 71.1 Å². The molecule has 0 bridgehead atoms. The molecule has 3 aliphatic rings. The molecule has 6 nitrogen and oxygen atoms in total. The minimum Gasteiger partial charge on any atom is -0.347 e. The molecule has 3 aliphatic heterocycles. The molecule has 2 aromatic carbocycles. The number of carbonyl (C=O) groups excluding carboxylic acids is 2. The lowest BCUT2D eigenvalue weighted by atomic mass is 10.2. The van der Waals surface area contributed by atoms with Gasteiger partial charge in [0.1, 0.15) is 0 Å². The van der Waals surface area contributed by atoms with Crippen molar-refractivity contribution in [3.63, 3.8) is 0 Å². The number of aliphatic imine (C=N–C) groups is 2. The summed E-state index contributed by atoms with van der Waals surface area (Å²) in [6.45, 7) is 2.57. The Balaban J connectivity index is 1.20. The second-order valence-electron chi connectivity index (χ2n) is 7.93. The van der Waals surface area contributed by atoms with E-state index in [1.807, 2.05) is 0 Å². The molecule has 0 spiro atoms. The Labute approximate surface area is 236 Å². The van der Waals surface area contributed by atoms with Crippen molar-refractivity contribution in [2.45, 2.75) is 0 Å². The molecule has 0 N–H and O–H groups in total. The number of amides is 2. The molecule has 5 rings (SSSR count). The maximum atomic E-state index is 12.5. The van der Waals surface area contributed by atoms with Gasteiger partial charge in [-0.2, -0.15) is 9.98 Å². The highest BCUT2D eigenvalue weighted by Crippen LogP contribution is 2.35. The number of nitrogens with zero attached hydrogens (tertiary/aromatic N) is 4. The van der Waals surface area contributed by atoms with E-state index in [9.17, 15) is 9.59 Å². The van der Waals surface area contributed by atoms with Gasteiger partial charge in [-0.3, -0.25) is 9.59 Å². The van der Waals surface area contributed by atoms with Gasteiger partial charge in [0.2, 0.25) is 0 Å². The van der Waals surface area contributed by atoms with Crippen LogP contribution >= 0.6 is 69.9 Å². The van der Waals surface area contributed by atoms with Crippen molar-refractivity contribution >= 4 is 104 Å². The van der Waals surface area contributed by atoms with Gasteiger partial charge in [0.05, 0.1) is 9.81 Å². The highest BCUT2D eigenvalue weighted by atomic mass is 35.5. The van der Waals surface area contributed by atoms with Crippen LogP contribution in [0, 0.1) is 0 Å². The van der Waals surface area contributed by atoms with Crippen molar-refractivity contribution in [3.8, 4) is 0 Å². The first-order valence-electron chi connectivity index (χ1n) is 10.7. The van der Waals surface area contributed by atoms with Gasteiger partial charge < -0.3 is 9.80 Å². The SMILES string of the molecule is O=C1N=C(N2CCN(C3=NC(=O)/C(=C\c4ccc(Cl)cc4Cl)S3)CC2)S/C1=C\c1ccc(Cl)cc1Cl. The summed E-state index contributed by atoms with van der Waals surface area (Å²) in [5.74, 6) is -0.583. The number of hydrogen-bond acceptors (Lipinski definition) is 6. The zero-order valence-corrected chi connectivity index (χ0v) is 23.0. The van der Waals surface area contributed by atoms with Gasteiger partial charge in [-0.15, -0.1) is 0 Å². The Bertz CT molecular complexity index is 1290. The average Bonchev–Trinajstić information content (AvgIpc) is 3.40. The predicted molar refractivity (Wildman–Crippen MR) is 152 cm³/mol. The first-order chi connectivity index (χ1) is 17.3. The number of amidine groups is 2. The minimum atomic E-state index is -0.291. The highest BCUT2D eigenvalue weighted by Gasteiger charge is 2.32. The van der Waals surface area contributed by atoms with E-state index in [-0.39, 0.29) is 11.8 Å². The van der Waals surface area contributed by atoms with Crippen molar-refractivity contribution in [3.05, 3.63) is 77.4 Å². The summed E-state index contributed by atoms with van der Waals surface area (Å²) in [7, 11) is 0. The van der Waals surface area contributed by atoms with E-state index in [1.165, 1.54) is 23.5 Å². The van der Waals surface area contributed by atoms with E-state index >= 15 is 0 Å². The van der Waals surface area contributed by atoms with Gasteiger partial charge >= 0.3 is 0 Å². The first kappa shape index (κ1) is 25.7. The van der Waals surface area contributed by atoms with E-state index in [0.29, 0.717) is 77.5 Å². The Morgan fingerprint density at radius 1 is 0.667 bits per heavy atom. The Hall–Kier alpha value is -1.94. The molecule has 3 heterocycles. The standard InChI is InChI=1S/C24H16Cl4N4O2S2/c25-15-3-1-13(17(27)11-15)9-19-21(33)29-23(35-19)31-5-7-32(8-6-31)24-30-22(34)20(36-24)10-14-2-4-16(26)12-18(14)28/h1-4,9-12H,5-8H2/b19-9-,20-10+. The number of thioether (sulfide) groups is 2. The monoisotopic (exact) mass is 596 g/mol. The van der Waals surface area contributed by atoms with Crippen molar-refractivity contribution in [2.24, 2.45) is 9.98 Å². The van der Waals surface area contributed by atoms with Crippen LogP contribution in [0.1, 0.15) is 11.1 Å². The van der Waals surface area contributed by atoms with Gasteiger partial charge in [0.15, 0.2) is 10.3 Å². The molecule has 0 atom stereocenters. The number of rotatable bonds is 2. The topological polar surface area (TPSA) is 65.3 Å². The van der Waals surface area contributed by atoms with Crippen molar-refractivity contribution in [1.82, 2.24) is 9.80 Å². The van der Waals surface area contributed by atoms with Crippen molar-refractivity contribution in [2.75, 3.05) is 26.2 Å². The molecule has 2 amide bonds. The fourth-order valence-corrected chi connectivity index (χ4v) is 6.51. The van der Waals surface area contributed by atoms with Crippen LogP contribution in [0.5, 0.6) is 0 Å². The number of benzene rings is 2. The van der Waals surface area contributed by atoms with E-state index < -0.39 is 0 Å². The molecular formula is C24H16Cl4N4O2S2. The van der Waals surface area contributed by atoms with Gasteiger partial charge in [-0.1, -0.05) is 58.5 Å². The second kappa shape index (κ2) is 10.8. The zero-order chi connectivity index (χ0) is 25.4. The van der Waals surface area contributed by atoms with Crippen molar-refractivity contribution in [1.29, 1.82) is 0 Å². The summed E-state index contributed by atoms with van der Waals surface area (Å²) in [5, 5.41) is 3.33.